The molecule has 1 saturated heterocycles. The molecule has 0 aromatic heterocycles. The van der Waals surface area contributed by atoms with Crippen molar-refractivity contribution in [3.63, 3.8) is 0 Å². The topological polar surface area (TPSA) is 66.8 Å². The van der Waals surface area contributed by atoms with Gasteiger partial charge in [0.2, 0.25) is 0 Å². The first-order valence-electron chi connectivity index (χ1n) is 9.26. The van der Waals surface area contributed by atoms with Gasteiger partial charge in [-0.3, -0.25) is 4.79 Å². The molecule has 24 heavy (non-hydrogen) atoms. The predicted octanol–water partition coefficient (Wildman–Crippen LogP) is 3.40. The van der Waals surface area contributed by atoms with Crippen LogP contribution in [0.1, 0.15) is 73.1 Å². The average molecular weight is 338 g/mol. The van der Waals surface area contributed by atoms with E-state index in [-0.39, 0.29) is 30.6 Å². The Morgan fingerprint density at radius 2 is 1.79 bits per heavy atom. The Bertz CT molecular complexity index is 492. The van der Waals surface area contributed by atoms with E-state index >= 15 is 0 Å². The molecule has 138 valence electrons. The molecule has 1 fully saturated rings. The van der Waals surface area contributed by atoms with Crippen molar-refractivity contribution in [3.05, 3.63) is 12.2 Å². The molecule has 0 saturated carbocycles. The number of rotatable bonds is 1. The third-order valence-electron chi connectivity index (χ3n) is 5.72. The number of carbonyl (C=O) groups excluding carboxylic acids is 1. The molecule has 0 radical (unpaired) electrons. The van der Waals surface area contributed by atoms with Crippen molar-refractivity contribution in [2.45, 2.75) is 96.1 Å². The number of hydrogen-bond donors (Lipinski definition) is 2. The normalized spacial score (nSPS) is 46.2. The van der Waals surface area contributed by atoms with E-state index in [2.05, 4.69) is 13.8 Å². The molecule has 4 heteroatoms. The summed E-state index contributed by atoms with van der Waals surface area (Å²) in [5.41, 5.74) is -2.55. The number of hydrogen-bond acceptors (Lipinski definition) is 4. The van der Waals surface area contributed by atoms with Gasteiger partial charge in [-0.15, -0.1) is 0 Å². The number of carbonyl (C=O) groups is 1. The van der Waals surface area contributed by atoms with E-state index in [0.29, 0.717) is 12.3 Å². The fourth-order valence-electron chi connectivity index (χ4n) is 4.01. The van der Waals surface area contributed by atoms with Crippen molar-refractivity contribution in [1.29, 1.82) is 0 Å². The Labute approximate surface area is 146 Å². The maximum Gasteiger partial charge on any atom is 0.138 e. The van der Waals surface area contributed by atoms with Crippen LogP contribution in [0.15, 0.2) is 12.2 Å². The number of ketones is 1. The predicted molar refractivity (Wildman–Crippen MR) is 94.7 cm³/mol. The lowest BCUT2D eigenvalue weighted by Gasteiger charge is -2.33. The Hall–Kier alpha value is -0.710. The van der Waals surface area contributed by atoms with Gasteiger partial charge in [0.05, 0.1) is 22.9 Å². The van der Waals surface area contributed by atoms with Gasteiger partial charge in [0.15, 0.2) is 0 Å². The minimum Gasteiger partial charge on any atom is -0.387 e. The molecule has 2 heterocycles. The molecule has 5 atom stereocenters. The van der Waals surface area contributed by atoms with Gasteiger partial charge in [-0.1, -0.05) is 26.0 Å². The second-order valence-corrected chi connectivity index (χ2v) is 9.01. The van der Waals surface area contributed by atoms with Crippen LogP contribution >= 0.6 is 0 Å². The van der Waals surface area contributed by atoms with E-state index in [9.17, 15) is 15.0 Å². The SMILES string of the molecule is CC(C)[C@H]1/C=C/[C@@](C)(O)CC(=O)C[C@]2(C)CC[C@H](O2)[C@](C)(O)CC1. The fourth-order valence-corrected chi connectivity index (χ4v) is 4.01. The first-order valence-corrected chi connectivity index (χ1v) is 9.26. The van der Waals surface area contributed by atoms with E-state index in [4.69, 9.17) is 4.74 Å². The summed E-state index contributed by atoms with van der Waals surface area (Å²) >= 11 is 0. The van der Waals surface area contributed by atoms with Gasteiger partial charge in [-0.05, 0) is 58.3 Å². The highest BCUT2D eigenvalue weighted by atomic mass is 16.5. The van der Waals surface area contributed by atoms with Gasteiger partial charge in [0.1, 0.15) is 5.78 Å². The second kappa shape index (κ2) is 6.89. The van der Waals surface area contributed by atoms with Crippen LogP contribution in [0.5, 0.6) is 0 Å². The summed E-state index contributed by atoms with van der Waals surface area (Å²) in [6.07, 6.45) is 6.98. The summed E-state index contributed by atoms with van der Waals surface area (Å²) in [5.74, 6) is 0.669. The van der Waals surface area contributed by atoms with Gasteiger partial charge in [-0.2, -0.15) is 0 Å². The van der Waals surface area contributed by atoms with Crippen LogP contribution in [-0.4, -0.2) is 38.9 Å². The molecule has 2 rings (SSSR count). The molecule has 2 aliphatic rings. The van der Waals surface area contributed by atoms with Gasteiger partial charge >= 0.3 is 0 Å². The second-order valence-electron chi connectivity index (χ2n) is 9.01. The van der Waals surface area contributed by atoms with Crippen molar-refractivity contribution in [1.82, 2.24) is 0 Å². The van der Waals surface area contributed by atoms with Gasteiger partial charge in [-0.25, -0.2) is 0 Å². The molecule has 4 nitrogen and oxygen atoms in total. The largest absolute Gasteiger partial charge is 0.387 e. The quantitative estimate of drug-likeness (QED) is 0.719. The third-order valence-corrected chi connectivity index (χ3v) is 5.72. The van der Waals surface area contributed by atoms with Crippen LogP contribution in [-0.2, 0) is 9.53 Å². The molecular formula is C20H34O4. The lowest BCUT2D eigenvalue weighted by Crippen LogP contribution is -2.42. The highest BCUT2D eigenvalue weighted by molar-refractivity contribution is 5.80. The lowest BCUT2D eigenvalue weighted by atomic mass is 9.82. The van der Waals surface area contributed by atoms with E-state index in [1.54, 1.807) is 13.0 Å². The molecule has 0 unspecified atom stereocenters. The first kappa shape index (κ1) is 19.6. The highest BCUT2D eigenvalue weighted by Crippen LogP contribution is 2.40. The molecule has 2 N–H and O–H groups in total. The van der Waals surface area contributed by atoms with Crippen molar-refractivity contribution in [2.24, 2.45) is 11.8 Å². The molecular weight excluding hydrogens is 304 g/mol. The van der Waals surface area contributed by atoms with Crippen LogP contribution in [0.25, 0.3) is 0 Å². The van der Waals surface area contributed by atoms with Crippen LogP contribution < -0.4 is 0 Å². The summed E-state index contributed by atoms with van der Waals surface area (Å²) in [6.45, 7) is 9.77. The van der Waals surface area contributed by atoms with Gasteiger partial charge < -0.3 is 14.9 Å². The Morgan fingerprint density at radius 3 is 2.42 bits per heavy atom. The lowest BCUT2D eigenvalue weighted by molar-refractivity contribution is -0.143. The number of aliphatic hydroxyl groups is 2. The van der Waals surface area contributed by atoms with Gasteiger partial charge in [0.25, 0.3) is 0 Å². The first-order chi connectivity index (χ1) is 10.9. The summed E-state index contributed by atoms with van der Waals surface area (Å²) in [6, 6.07) is 0. The minimum atomic E-state index is -1.13. The standard InChI is InChI=1S/C20H34O4/c1-14(2)15-6-9-18(3,22)12-16(21)13-19(4)10-8-17(24-19)20(5,23)11-7-15/h6,9,14-15,17,22-23H,7-8,10-13H2,1-5H3/b9-6+/t15-,17-,18+,19-,20+/m0/s1. The number of allylic oxidation sites excluding steroid dienone is 1. The molecule has 0 amide bonds. The minimum absolute atomic E-state index is 0.00721. The molecule has 2 aliphatic heterocycles. The van der Waals surface area contributed by atoms with E-state index in [1.165, 1.54) is 0 Å². The smallest absolute Gasteiger partial charge is 0.138 e. The number of fused-ring (bicyclic) bond motifs is 2. The Morgan fingerprint density at radius 1 is 1.12 bits per heavy atom. The highest BCUT2D eigenvalue weighted by Gasteiger charge is 2.45. The summed E-state index contributed by atoms with van der Waals surface area (Å²) in [5, 5.41) is 21.5. The molecule has 0 aliphatic carbocycles. The number of Topliss-reactive ketones (excluding diaryl/α,β-unsaturated/α-hetero) is 1. The Balaban J connectivity index is 2.28. The molecule has 0 aromatic rings. The van der Waals surface area contributed by atoms with E-state index < -0.39 is 16.8 Å². The van der Waals surface area contributed by atoms with E-state index in [0.717, 1.165) is 19.3 Å². The summed E-state index contributed by atoms with van der Waals surface area (Å²) < 4.78 is 6.14. The Kier molecular flexibility index (Phi) is 5.63. The monoisotopic (exact) mass is 338 g/mol. The fraction of sp³-hybridized carbons (Fsp3) is 0.850. The van der Waals surface area contributed by atoms with Crippen molar-refractivity contribution >= 4 is 5.78 Å². The average Bonchev–Trinajstić information content (AvgIpc) is 2.79. The van der Waals surface area contributed by atoms with Crippen molar-refractivity contribution in [2.75, 3.05) is 0 Å². The zero-order chi connectivity index (χ0) is 18.2. The van der Waals surface area contributed by atoms with Gasteiger partial charge in [0, 0.05) is 12.8 Å². The maximum absolute atomic E-state index is 12.4. The van der Waals surface area contributed by atoms with Crippen molar-refractivity contribution < 1.29 is 19.7 Å². The third kappa shape index (κ3) is 4.90. The van der Waals surface area contributed by atoms with Crippen LogP contribution in [0.4, 0.5) is 0 Å². The molecule has 2 bridgehead atoms. The van der Waals surface area contributed by atoms with Crippen LogP contribution in [0, 0.1) is 11.8 Å². The summed E-state index contributed by atoms with van der Waals surface area (Å²) in [4.78, 5) is 12.4. The molecule has 0 spiro atoms. The summed E-state index contributed by atoms with van der Waals surface area (Å²) in [7, 11) is 0. The van der Waals surface area contributed by atoms with E-state index in [1.807, 2.05) is 19.9 Å². The van der Waals surface area contributed by atoms with Crippen molar-refractivity contribution in [3.8, 4) is 0 Å². The maximum atomic E-state index is 12.4. The van der Waals surface area contributed by atoms with Crippen LogP contribution in [0.3, 0.4) is 0 Å². The zero-order valence-electron chi connectivity index (χ0n) is 15.8. The number of ether oxygens (including phenoxy) is 1. The molecule has 0 aromatic carbocycles. The zero-order valence-corrected chi connectivity index (χ0v) is 15.8. The van der Waals surface area contributed by atoms with Crippen LogP contribution in [0.2, 0.25) is 0 Å².